The molecule has 1 aliphatic rings. The van der Waals surface area contributed by atoms with Gasteiger partial charge in [-0.05, 0) is 66.9 Å². The molecule has 0 N–H and O–H groups in total. The Morgan fingerprint density at radius 3 is 2.61 bits per heavy atom. The zero-order chi connectivity index (χ0) is 23.0. The van der Waals surface area contributed by atoms with Crippen LogP contribution in [0.4, 0.5) is 0 Å². The van der Waals surface area contributed by atoms with E-state index in [9.17, 15) is 9.59 Å². The first-order chi connectivity index (χ1) is 16.2. The molecule has 3 aromatic rings. The Balaban J connectivity index is 1.62. The van der Waals surface area contributed by atoms with E-state index in [4.69, 9.17) is 4.74 Å². The number of nitrogens with zero attached hydrogens (tertiary/aromatic N) is 2. The average molecular weight is 465 g/mol. The van der Waals surface area contributed by atoms with Gasteiger partial charge in [-0.2, -0.15) is 0 Å². The van der Waals surface area contributed by atoms with Gasteiger partial charge in [-0.3, -0.25) is 9.59 Å². The van der Waals surface area contributed by atoms with Crippen molar-refractivity contribution in [2.75, 3.05) is 32.8 Å². The molecule has 0 aliphatic carbocycles. The van der Waals surface area contributed by atoms with Gasteiger partial charge < -0.3 is 14.5 Å². The first kappa shape index (κ1) is 23.5. The molecule has 1 aromatic heterocycles. The predicted octanol–water partition coefficient (Wildman–Crippen LogP) is 5.06. The van der Waals surface area contributed by atoms with Gasteiger partial charge in [-0.1, -0.05) is 42.5 Å². The third-order valence-corrected chi connectivity index (χ3v) is 7.18. The third kappa shape index (κ3) is 6.01. The van der Waals surface area contributed by atoms with Crippen molar-refractivity contribution in [2.45, 2.75) is 38.6 Å². The van der Waals surface area contributed by atoms with Crippen LogP contribution in [0.3, 0.4) is 0 Å². The first-order valence-electron chi connectivity index (χ1n) is 11.8. The molecular weight excluding hydrogens is 432 g/mol. The molecule has 0 unspecified atom stereocenters. The minimum Gasteiger partial charge on any atom is -0.466 e. The van der Waals surface area contributed by atoms with Crippen LogP contribution < -0.4 is 0 Å². The first-order valence-corrected chi connectivity index (χ1v) is 12.7. The summed E-state index contributed by atoms with van der Waals surface area (Å²) >= 11 is 1.69. The molecule has 6 heteroatoms. The van der Waals surface area contributed by atoms with Gasteiger partial charge in [-0.15, -0.1) is 11.3 Å². The number of carbonyl (C=O) groups is 2. The molecule has 2 heterocycles. The van der Waals surface area contributed by atoms with Gasteiger partial charge in [-0.25, -0.2) is 0 Å². The van der Waals surface area contributed by atoms with E-state index in [1.165, 1.54) is 17.5 Å². The summed E-state index contributed by atoms with van der Waals surface area (Å²) in [6.07, 6.45) is 2.91. The summed E-state index contributed by atoms with van der Waals surface area (Å²) in [5.74, 6) is -0.214. The quantitative estimate of drug-likeness (QED) is 0.394. The fourth-order valence-electron chi connectivity index (χ4n) is 4.64. The zero-order valence-electron chi connectivity index (χ0n) is 19.2. The molecule has 0 spiro atoms. The molecule has 1 amide bonds. The van der Waals surface area contributed by atoms with E-state index >= 15 is 0 Å². The predicted molar refractivity (Wildman–Crippen MR) is 133 cm³/mol. The Morgan fingerprint density at radius 1 is 1.06 bits per heavy atom. The van der Waals surface area contributed by atoms with E-state index in [0.29, 0.717) is 19.6 Å². The monoisotopic (exact) mass is 464 g/mol. The summed E-state index contributed by atoms with van der Waals surface area (Å²) in [6.45, 7) is 5.39. The molecular formula is C27H32N2O3S. The fourth-order valence-corrected chi connectivity index (χ4v) is 5.48. The van der Waals surface area contributed by atoms with Crippen molar-refractivity contribution < 1.29 is 14.3 Å². The van der Waals surface area contributed by atoms with E-state index in [-0.39, 0.29) is 24.3 Å². The Morgan fingerprint density at radius 2 is 1.85 bits per heavy atom. The summed E-state index contributed by atoms with van der Waals surface area (Å²) in [5, 5.41) is 3.20. The van der Waals surface area contributed by atoms with Crippen LogP contribution in [0.25, 0.3) is 10.1 Å². The second-order valence-corrected chi connectivity index (χ2v) is 9.45. The number of benzene rings is 2. The topological polar surface area (TPSA) is 49.9 Å². The molecule has 1 fully saturated rings. The molecule has 0 bridgehead atoms. The molecule has 1 aliphatic heterocycles. The molecule has 4 rings (SSSR count). The molecule has 1 saturated heterocycles. The summed E-state index contributed by atoms with van der Waals surface area (Å²) < 4.78 is 6.36. The lowest BCUT2D eigenvalue weighted by Crippen LogP contribution is -2.42. The number of amides is 1. The van der Waals surface area contributed by atoms with Gasteiger partial charge in [0, 0.05) is 17.8 Å². The van der Waals surface area contributed by atoms with E-state index in [1.807, 2.05) is 42.2 Å². The van der Waals surface area contributed by atoms with Crippen LogP contribution in [-0.2, 0) is 20.7 Å². The maximum Gasteiger partial charge on any atom is 0.307 e. The number of hydrogen-bond acceptors (Lipinski definition) is 5. The highest BCUT2D eigenvalue weighted by atomic mass is 32.1. The number of esters is 1. The maximum absolute atomic E-state index is 13.8. The number of likely N-dealkylation sites (tertiary alicyclic amines) is 1. The summed E-state index contributed by atoms with van der Waals surface area (Å²) in [5.41, 5.74) is 2.14. The zero-order valence-corrected chi connectivity index (χ0v) is 20.1. The van der Waals surface area contributed by atoms with Crippen molar-refractivity contribution in [1.82, 2.24) is 9.80 Å². The van der Waals surface area contributed by atoms with Crippen LogP contribution in [0.2, 0.25) is 0 Å². The van der Waals surface area contributed by atoms with Crippen molar-refractivity contribution in [3.05, 3.63) is 71.1 Å². The summed E-state index contributed by atoms with van der Waals surface area (Å²) in [7, 11) is 0. The van der Waals surface area contributed by atoms with E-state index in [2.05, 4.69) is 34.5 Å². The fraction of sp³-hybridized carbons (Fsp3) is 0.407. The lowest BCUT2D eigenvalue weighted by atomic mass is 10.0. The third-order valence-electron chi connectivity index (χ3n) is 6.30. The maximum atomic E-state index is 13.8. The van der Waals surface area contributed by atoms with E-state index < -0.39 is 0 Å². The van der Waals surface area contributed by atoms with Crippen molar-refractivity contribution in [2.24, 2.45) is 0 Å². The van der Waals surface area contributed by atoms with Crippen LogP contribution in [0.5, 0.6) is 0 Å². The normalized spacial score (nSPS) is 14.9. The van der Waals surface area contributed by atoms with Gasteiger partial charge in [0.2, 0.25) is 5.91 Å². The van der Waals surface area contributed by atoms with Crippen molar-refractivity contribution in [3.63, 3.8) is 0 Å². The van der Waals surface area contributed by atoms with Crippen LogP contribution in [0.1, 0.15) is 43.4 Å². The molecule has 33 heavy (non-hydrogen) atoms. The van der Waals surface area contributed by atoms with Crippen LogP contribution in [-0.4, -0.2) is 54.5 Å². The minimum atomic E-state index is -0.261. The Bertz CT molecular complexity index is 1060. The smallest absolute Gasteiger partial charge is 0.307 e. The Hall–Kier alpha value is -2.70. The number of carbonyl (C=O) groups excluding carboxylic acids is 2. The number of thiophene rings is 1. The SMILES string of the molecule is CCOC(=O)CCN(C(=O)Cc1cccc2sccc12)[C@H](CN1CCCC1)c1ccccc1. The second kappa shape index (κ2) is 11.4. The second-order valence-electron chi connectivity index (χ2n) is 8.50. The Kier molecular flexibility index (Phi) is 8.13. The van der Waals surface area contributed by atoms with Gasteiger partial charge in [0.1, 0.15) is 0 Å². The number of fused-ring (bicyclic) bond motifs is 1. The standard InChI is InChI=1S/C27H32N2O3S/c1-2-32-27(31)13-17-29(26(30)19-22-11-8-12-25-23(22)14-18-33-25)24(20-28-15-6-7-16-28)21-9-4-3-5-10-21/h3-5,8-12,14,18,24H,2,6-7,13,15-17,19-20H2,1H3/t24-/m1/s1. The Labute approximate surface area is 200 Å². The molecule has 5 nitrogen and oxygen atoms in total. The highest BCUT2D eigenvalue weighted by Gasteiger charge is 2.29. The van der Waals surface area contributed by atoms with Crippen LogP contribution in [0.15, 0.2) is 60.0 Å². The summed E-state index contributed by atoms with van der Waals surface area (Å²) in [6, 6.07) is 18.3. The average Bonchev–Trinajstić information content (AvgIpc) is 3.52. The van der Waals surface area contributed by atoms with Gasteiger partial charge in [0.05, 0.1) is 25.5 Å². The number of rotatable bonds is 10. The molecule has 1 atom stereocenters. The lowest BCUT2D eigenvalue weighted by molar-refractivity contribution is -0.144. The van der Waals surface area contributed by atoms with Gasteiger partial charge in [0.25, 0.3) is 0 Å². The number of ether oxygens (including phenoxy) is 1. The van der Waals surface area contributed by atoms with E-state index in [0.717, 1.165) is 36.1 Å². The molecule has 0 saturated carbocycles. The highest BCUT2D eigenvalue weighted by molar-refractivity contribution is 7.17. The van der Waals surface area contributed by atoms with Crippen molar-refractivity contribution in [1.29, 1.82) is 0 Å². The van der Waals surface area contributed by atoms with Crippen LogP contribution in [0, 0.1) is 0 Å². The molecule has 0 radical (unpaired) electrons. The number of hydrogen-bond donors (Lipinski definition) is 0. The minimum absolute atomic E-state index is 0.0473. The lowest BCUT2D eigenvalue weighted by Gasteiger charge is -2.35. The van der Waals surface area contributed by atoms with Crippen molar-refractivity contribution >= 4 is 33.3 Å². The molecule has 174 valence electrons. The van der Waals surface area contributed by atoms with Gasteiger partial charge >= 0.3 is 5.97 Å². The highest BCUT2D eigenvalue weighted by Crippen LogP contribution is 2.28. The van der Waals surface area contributed by atoms with Crippen LogP contribution >= 0.6 is 11.3 Å². The van der Waals surface area contributed by atoms with Gasteiger partial charge in [0.15, 0.2) is 0 Å². The molecule has 2 aromatic carbocycles. The van der Waals surface area contributed by atoms with Crippen molar-refractivity contribution in [3.8, 4) is 0 Å². The largest absolute Gasteiger partial charge is 0.466 e. The van der Waals surface area contributed by atoms with E-state index in [1.54, 1.807) is 11.3 Å². The summed E-state index contributed by atoms with van der Waals surface area (Å²) in [4.78, 5) is 30.3.